The summed E-state index contributed by atoms with van der Waals surface area (Å²) in [7, 11) is 1.78. The molecule has 1 heterocycles. The summed E-state index contributed by atoms with van der Waals surface area (Å²) in [6.45, 7) is 9.39. The molecule has 0 amide bonds. The normalized spacial score (nSPS) is 18.7. The summed E-state index contributed by atoms with van der Waals surface area (Å²) >= 11 is 6.21. The highest BCUT2D eigenvalue weighted by Gasteiger charge is 2.24. The van der Waals surface area contributed by atoms with Gasteiger partial charge in [0.2, 0.25) is 0 Å². The number of nitrogens with zero attached hydrogens (tertiary/aromatic N) is 1. The first-order valence-electron chi connectivity index (χ1n) is 7.83. The molecule has 1 N–H and O–H groups in total. The van der Waals surface area contributed by atoms with Crippen molar-refractivity contribution >= 4 is 17.3 Å². The van der Waals surface area contributed by atoms with Gasteiger partial charge in [-0.25, -0.2) is 0 Å². The predicted octanol–water partition coefficient (Wildman–Crippen LogP) is 3.56. The molecule has 1 unspecified atom stereocenters. The summed E-state index contributed by atoms with van der Waals surface area (Å²) in [5.74, 6) is 1.30. The van der Waals surface area contributed by atoms with Crippen LogP contribution in [0.3, 0.4) is 0 Å². The topological polar surface area (TPSA) is 24.5 Å². The van der Waals surface area contributed by atoms with Crippen LogP contribution in [0.4, 0.5) is 5.69 Å². The molecule has 118 valence electrons. The van der Waals surface area contributed by atoms with Crippen LogP contribution in [0.15, 0.2) is 18.2 Å². The lowest BCUT2D eigenvalue weighted by molar-refractivity contribution is 0.161. The zero-order valence-electron chi connectivity index (χ0n) is 13.4. The molecule has 1 saturated heterocycles. The van der Waals surface area contributed by atoms with Gasteiger partial charge in [-0.15, -0.1) is 0 Å². The zero-order chi connectivity index (χ0) is 15.2. The Labute approximate surface area is 133 Å². The maximum absolute atomic E-state index is 6.21. The van der Waals surface area contributed by atoms with Gasteiger partial charge in [0.15, 0.2) is 0 Å². The van der Waals surface area contributed by atoms with Crippen LogP contribution in [-0.2, 0) is 11.3 Å². The van der Waals surface area contributed by atoms with E-state index in [0.29, 0.717) is 11.8 Å². The van der Waals surface area contributed by atoms with Crippen molar-refractivity contribution in [3.8, 4) is 0 Å². The third-order valence-electron chi connectivity index (χ3n) is 3.94. The number of benzene rings is 1. The van der Waals surface area contributed by atoms with Crippen molar-refractivity contribution in [2.45, 2.75) is 26.8 Å². The minimum Gasteiger partial charge on any atom is -0.384 e. The smallest absolute Gasteiger partial charge is 0.0508 e. The highest BCUT2D eigenvalue weighted by molar-refractivity contribution is 6.30. The van der Waals surface area contributed by atoms with Gasteiger partial charge in [-0.3, -0.25) is 0 Å². The van der Waals surface area contributed by atoms with Crippen molar-refractivity contribution in [3.05, 3.63) is 28.8 Å². The summed E-state index contributed by atoms with van der Waals surface area (Å²) in [4.78, 5) is 2.45. The van der Waals surface area contributed by atoms with Crippen molar-refractivity contribution in [2.75, 3.05) is 38.3 Å². The monoisotopic (exact) mass is 310 g/mol. The second kappa shape index (κ2) is 8.02. The number of hydrogen-bond acceptors (Lipinski definition) is 3. The molecule has 1 fully saturated rings. The predicted molar refractivity (Wildman–Crippen MR) is 90.2 cm³/mol. The fraction of sp³-hybridized carbons (Fsp3) is 0.647. The second-order valence-corrected chi connectivity index (χ2v) is 6.79. The summed E-state index contributed by atoms with van der Waals surface area (Å²) in [6, 6.07) is 6.23. The molecule has 0 spiro atoms. The Morgan fingerprint density at radius 2 is 2.24 bits per heavy atom. The molecule has 1 aliphatic rings. The summed E-state index contributed by atoms with van der Waals surface area (Å²) in [5.41, 5.74) is 2.61. The molecule has 0 aliphatic carbocycles. The summed E-state index contributed by atoms with van der Waals surface area (Å²) in [5, 5.41) is 4.34. The molecule has 0 radical (unpaired) electrons. The standard InChI is InChI=1S/C17H27ClN2O/c1-13(2)9-19-10-15-4-5-16(18)8-17(15)20-7-6-14(11-20)12-21-3/h4-5,8,13-14,19H,6-7,9-12H2,1-3H3. The largest absolute Gasteiger partial charge is 0.384 e. The average molecular weight is 311 g/mol. The Morgan fingerprint density at radius 1 is 1.43 bits per heavy atom. The van der Waals surface area contributed by atoms with Gasteiger partial charge in [-0.1, -0.05) is 31.5 Å². The van der Waals surface area contributed by atoms with Gasteiger partial charge in [0.1, 0.15) is 0 Å². The fourth-order valence-electron chi connectivity index (χ4n) is 2.90. The number of rotatable bonds is 7. The van der Waals surface area contributed by atoms with Crippen LogP contribution in [0.25, 0.3) is 0 Å². The van der Waals surface area contributed by atoms with Crippen LogP contribution in [0.2, 0.25) is 5.02 Å². The van der Waals surface area contributed by atoms with E-state index in [1.807, 2.05) is 6.07 Å². The van der Waals surface area contributed by atoms with Crippen molar-refractivity contribution in [1.29, 1.82) is 0 Å². The Kier molecular flexibility index (Phi) is 6.34. The van der Waals surface area contributed by atoms with E-state index < -0.39 is 0 Å². The molecule has 0 saturated carbocycles. The van der Waals surface area contributed by atoms with Crippen LogP contribution >= 0.6 is 11.6 Å². The molecule has 1 aromatic carbocycles. The van der Waals surface area contributed by atoms with Gasteiger partial charge < -0.3 is 15.0 Å². The minimum atomic E-state index is 0.630. The van der Waals surface area contributed by atoms with Gasteiger partial charge >= 0.3 is 0 Å². The lowest BCUT2D eigenvalue weighted by atomic mass is 10.1. The average Bonchev–Trinajstić information content (AvgIpc) is 2.89. The third-order valence-corrected chi connectivity index (χ3v) is 4.18. The van der Waals surface area contributed by atoms with Crippen molar-refractivity contribution in [1.82, 2.24) is 5.32 Å². The fourth-order valence-corrected chi connectivity index (χ4v) is 3.07. The second-order valence-electron chi connectivity index (χ2n) is 6.35. The molecular formula is C17H27ClN2O. The van der Waals surface area contributed by atoms with E-state index in [-0.39, 0.29) is 0 Å². The van der Waals surface area contributed by atoms with E-state index in [2.05, 4.69) is 36.2 Å². The molecule has 1 atom stereocenters. The van der Waals surface area contributed by atoms with E-state index in [1.165, 1.54) is 17.7 Å². The Morgan fingerprint density at radius 3 is 2.95 bits per heavy atom. The number of methoxy groups -OCH3 is 1. The van der Waals surface area contributed by atoms with E-state index in [0.717, 1.165) is 37.8 Å². The lowest BCUT2D eigenvalue weighted by Gasteiger charge is -2.23. The minimum absolute atomic E-state index is 0.630. The van der Waals surface area contributed by atoms with E-state index in [4.69, 9.17) is 16.3 Å². The van der Waals surface area contributed by atoms with Gasteiger partial charge in [0, 0.05) is 43.4 Å². The molecule has 0 bridgehead atoms. The Bertz CT molecular complexity index is 450. The van der Waals surface area contributed by atoms with Crippen molar-refractivity contribution in [3.63, 3.8) is 0 Å². The van der Waals surface area contributed by atoms with Crippen molar-refractivity contribution < 1.29 is 4.74 Å². The van der Waals surface area contributed by atoms with Crippen molar-refractivity contribution in [2.24, 2.45) is 11.8 Å². The quantitative estimate of drug-likeness (QED) is 0.833. The van der Waals surface area contributed by atoms with Gasteiger partial charge in [-0.05, 0) is 36.6 Å². The third kappa shape index (κ3) is 4.87. The van der Waals surface area contributed by atoms with E-state index >= 15 is 0 Å². The highest BCUT2D eigenvalue weighted by atomic mass is 35.5. The number of nitrogens with one attached hydrogen (secondary N) is 1. The molecule has 1 aromatic rings. The maximum Gasteiger partial charge on any atom is 0.0508 e. The summed E-state index contributed by atoms with van der Waals surface area (Å²) < 4.78 is 5.29. The van der Waals surface area contributed by atoms with E-state index in [1.54, 1.807) is 7.11 Å². The molecule has 2 rings (SSSR count). The van der Waals surface area contributed by atoms with Crippen LogP contribution in [-0.4, -0.2) is 33.4 Å². The first-order valence-corrected chi connectivity index (χ1v) is 8.21. The first kappa shape index (κ1) is 16.6. The van der Waals surface area contributed by atoms with Gasteiger partial charge in [0.05, 0.1) is 6.61 Å². The molecule has 3 nitrogen and oxygen atoms in total. The Balaban J connectivity index is 2.05. The highest BCUT2D eigenvalue weighted by Crippen LogP contribution is 2.30. The number of ether oxygens (including phenoxy) is 1. The molecule has 4 heteroatoms. The molecule has 0 aromatic heterocycles. The number of hydrogen-bond donors (Lipinski definition) is 1. The number of anilines is 1. The lowest BCUT2D eigenvalue weighted by Crippen LogP contribution is -2.25. The van der Waals surface area contributed by atoms with Crippen LogP contribution in [0, 0.1) is 11.8 Å². The van der Waals surface area contributed by atoms with Crippen LogP contribution in [0.5, 0.6) is 0 Å². The van der Waals surface area contributed by atoms with Gasteiger partial charge in [-0.2, -0.15) is 0 Å². The Hall–Kier alpha value is -0.770. The molecular weight excluding hydrogens is 284 g/mol. The maximum atomic E-state index is 6.21. The number of halogens is 1. The zero-order valence-corrected chi connectivity index (χ0v) is 14.1. The van der Waals surface area contributed by atoms with Gasteiger partial charge in [0.25, 0.3) is 0 Å². The first-order chi connectivity index (χ1) is 10.1. The molecule has 1 aliphatic heterocycles. The molecule has 21 heavy (non-hydrogen) atoms. The summed E-state index contributed by atoms with van der Waals surface area (Å²) in [6.07, 6.45) is 1.19. The van der Waals surface area contributed by atoms with Crippen LogP contribution in [0.1, 0.15) is 25.8 Å². The van der Waals surface area contributed by atoms with E-state index in [9.17, 15) is 0 Å². The SMILES string of the molecule is COCC1CCN(c2cc(Cl)ccc2CNCC(C)C)C1. The van der Waals surface area contributed by atoms with Crippen LogP contribution < -0.4 is 10.2 Å².